The quantitative estimate of drug-likeness (QED) is 0.866. The molecule has 1 aliphatic heterocycles. The first kappa shape index (κ1) is 17.1. The van der Waals surface area contributed by atoms with Crippen molar-refractivity contribution in [1.82, 2.24) is 5.32 Å². The van der Waals surface area contributed by atoms with E-state index < -0.39 is 23.5 Å². The minimum Gasteiger partial charge on any atom is -0.349 e. The molecule has 0 aliphatic carbocycles. The molecule has 2 aromatic rings. The van der Waals surface area contributed by atoms with E-state index in [0.29, 0.717) is 6.42 Å². The van der Waals surface area contributed by atoms with Crippen LogP contribution in [0.2, 0.25) is 0 Å². The molecule has 2 amide bonds. The van der Waals surface area contributed by atoms with E-state index in [0.717, 1.165) is 17.7 Å². The Morgan fingerprint density at radius 3 is 2.60 bits per heavy atom. The molecule has 0 radical (unpaired) electrons. The topological polar surface area (TPSA) is 49.4 Å². The van der Waals surface area contributed by atoms with Gasteiger partial charge in [-0.2, -0.15) is 0 Å². The predicted octanol–water partition coefficient (Wildman–Crippen LogP) is 3.20. The first-order valence-electron chi connectivity index (χ1n) is 8.09. The van der Waals surface area contributed by atoms with Crippen LogP contribution in [0.1, 0.15) is 24.9 Å². The van der Waals surface area contributed by atoms with E-state index in [2.05, 4.69) is 5.32 Å². The summed E-state index contributed by atoms with van der Waals surface area (Å²) in [4.78, 5) is 26.2. The van der Waals surface area contributed by atoms with Crippen molar-refractivity contribution < 1.29 is 18.4 Å². The van der Waals surface area contributed by atoms with Crippen LogP contribution in [-0.2, 0) is 9.59 Å². The maximum absolute atomic E-state index is 13.9. The molecule has 0 unspecified atom stereocenters. The van der Waals surface area contributed by atoms with E-state index in [9.17, 15) is 18.4 Å². The van der Waals surface area contributed by atoms with Gasteiger partial charge in [0.05, 0.1) is 11.7 Å². The highest BCUT2D eigenvalue weighted by atomic mass is 19.1. The SMILES string of the molecule is C[C@@H](NC(=O)[C@H]1CCN(c2ccc(F)cc2F)C1=O)c1ccccc1. The first-order chi connectivity index (χ1) is 12.0. The maximum atomic E-state index is 13.9. The predicted molar refractivity (Wildman–Crippen MR) is 89.8 cm³/mol. The van der Waals surface area contributed by atoms with Gasteiger partial charge in [0.15, 0.2) is 0 Å². The third kappa shape index (κ3) is 3.52. The molecule has 1 aliphatic rings. The van der Waals surface area contributed by atoms with Crippen molar-refractivity contribution in [2.75, 3.05) is 11.4 Å². The fraction of sp³-hybridized carbons (Fsp3) is 0.263. The number of amides is 2. The number of halogens is 2. The molecule has 130 valence electrons. The normalized spacial score (nSPS) is 18.3. The standard InChI is InChI=1S/C19H18F2N2O2/c1-12(13-5-3-2-4-6-13)22-18(24)15-9-10-23(19(15)25)17-8-7-14(20)11-16(17)21/h2-8,11-12,15H,9-10H2,1H3,(H,22,24)/t12-,15-/m1/s1. The number of benzene rings is 2. The number of nitrogens with one attached hydrogen (secondary N) is 1. The van der Waals surface area contributed by atoms with Gasteiger partial charge >= 0.3 is 0 Å². The van der Waals surface area contributed by atoms with Gasteiger partial charge < -0.3 is 10.2 Å². The summed E-state index contributed by atoms with van der Waals surface area (Å²) in [6, 6.07) is 12.2. The highest BCUT2D eigenvalue weighted by Gasteiger charge is 2.38. The van der Waals surface area contributed by atoms with Crippen LogP contribution in [0.25, 0.3) is 0 Å². The summed E-state index contributed by atoms with van der Waals surface area (Å²) in [5.41, 5.74) is 0.931. The number of carbonyl (C=O) groups excluding carboxylic acids is 2. The molecule has 0 aromatic heterocycles. The average Bonchev–Trinajstić information content (AvgIpc) is 2.97. The fourth-order valence-corrected chi connectivity index (χ4v) is 3.00. The zero-order chi connectivity index (χ0) is 18.0. The molecule has 1 heterocycles. The summed E-state index contributed by atoms with van der Waals surface area (Å²) < 4.78 is 26.9. The molecule has 3 rings (SSSR count). The molecule has 2 aromatic carbocycles. The Labute approximate surface area is 144 Å². The van der Waals surface area contributed by atoms with Crippen LogP contribution in [0.3, 0.4) is 0 Å². The zero-order valence-corrected chi connectivity index (χ0v) is 13.7. The minimum atomic E-state index is -0.865. The van der Waals surface area contributed by atoms with Crippen molar-refractivity contribution in [3.05, 3.63) is 65.7 Å². The molecular formula is C19H18F2N2O2. The van der Waals surface area contributed by atoms with Gasteiger partial charge in [-0.1, -0.05) is 30.3 Å². The van der Waals surface area contributed by atoms with Gasteiger partial charge in [-0.05, 0) is 31.0 Å². The van der Waals surface area contributed by atoms with E-state index >= 15 is 0 Å². The van der Waals surface area contributed by atoms with Crippen molar-refractivity contribution in [3.8, 4) is 0 Å². The summed E-state index contributed by atoms with van der Waals surface area (Å²) in [5, 5.41) is 2.82. The molecule has 0 bridgehead atoms. The summed E-state index contributed by atoms with van der Waals surface area (Å²) >= 11 is 0. The average molecular weight is 344 g/mol. The Morgan fingerprint density at radius 1 is 1.20 bits per heavy atom. The van der Waals surface area contributed by atoms with Gasteiger partial charge in [-0.25, -0.2) is 8.78 Å². The Hall–Kier alpha value is -2.76. The summed E-state index contributed by atoms with van der Waals surface area (Å²) in [6.45, 7) is 2.06. The fourth-order valence-electron chi connectivity index (χ4n) is 3.00. The second-order valence-electron chi connectivity index (χ2n) is 6.07. The van der Waals surface area contributed by atoms with Crippen LogP contribution in [0, 0.1) is 17.6 Å². The summed E-state index contributed by atoms with van der Waals surface area (Å²) in [7, 11) is 0. The number of hydrogen-bond donors (Lipinski definition) is 1. The van der Waals surface area contributed by atoms with Gasteiger partial charge in [0.2, 0.25) is 11.8 Å². The molecule has 1 saturated heterocycles. The van der Waals surface area contributed by atoms with Crippen molar-refractivity contribution in [1.29, 1.82) is 0 Å². The largest absolute Gasteiger partial charge is 0.349 e. The molecular weight excluding hydrogens is 326 g/mol. The van der Waals surface area contributed by atoms with Crippen LogP contribution in [-0.4, -0.2) is 18.4 Å². The minimum absolute atomic E-state index is 0.00203. The molecule has 0 saturated carbocycles. The third-order valence-electron chi connectivity index (χ3n) is 4.38. The highest BCUT2D eigenvalue weighted by Crippen LogP contribution is 2.28. The molecule has 4 nitrogen and oxygen atoms in total. The van der Waals surface area contributed by atoms with Gasteiger partial charge in [-0.15, -0.1) is 0 Å². The Balaban J connectivity index is 1.70. The molecule has 1 fully saturated rings. The van der Waals surface area contributed by atoms with E-state index in [1.165, 1.54) is 11.0 Å². The Morgan fingerprint density at radius 2 is 1.92 bits per heavy atom. The molecule has 25 heavy (non-hydrogen) atoms. The highest BCUT2D eigenvalue weighted by molar-refractivity contribution is 6.09. The van der Waals surface area contributed by atoms with E-state index in [4.69, 9.17) is 0 Å². The summed E-state index contributed by atoms with van der Waals surface area (Å²) in [5.74, 6) is -3.24. The van der Waals surface area contributed by atoms with Crippen LogP contribution < -0.4 is 10.2 Å². The number of rotatable bonds is 4. The van der Waals surface area contributed by atoms with Gasteiger partial charge in [0.25, 0.3) is 0 Å². The second kappa shape index (κ2) is 7.01. The Bertz CT molecular complexity index is 795. The molecule has 6 heteroatoms. The lowest BCUT2D eigenvalue weighted by Crippen LogP contribution is -2.38. The molecule has 1 N–H and O–H groups in total. The zero-order valence-electron chi connectivity index (χ0n) is 13.7. The van der Waals surface area contributed by atoms with Crippen molar-refractivity contribution >= 4 is 17.5 Å². The van der Waals surface area contributed by atoms with Gasteiger partial charge in [-0.3, -0.25) is 9.59 Å². The van der Waals surface area contributed by atoms with Crippen LogP contribution in [0.4, 0.5) is 14.5 Å². The molecule has 2 atom stereocenters. The molecule has 0 spiro atoms. The summed E-state index contributed by atoms with van der Waals surface area (Å²) in [6.07, 6.45) is 0.295. The smallest absolute Gasteiger partial charge is 0.239 e. The lowest BCUT2D eigenvalue weighted by molar-refractivity contribution is -0.132. The maximum Gasteiger partial charge on any atom is 0.239 e. The third-order valence-corrected chi connectivity index (χ3v) is 4.38. The van der Waals surface area contributed by atoms with Crippen LogP contribution in [0.15, 0.2) is 48.5 Å². The van der Waals surface area contributed by atoms with Crippen molar-refractivity contribution in [3.63, 3.8) is 0 Å². The lowest BCUT2D eigenvalue weighted by Gasteiger charge is -2.19. The second-order valence-corrected chi connectivity index (χ2v) is 6.07. The lowest BCUT2D eigenvalue weighted by atomic mass is 10.0. The van der Waals surface area contributed by atoms with Crippen LogP contribution >= 0.6 is 0 Å². The van der Waals surface area contributed by atoms with Crippen molar-refractivity contribution in [2.45, 2.75) is 19.4 Å². The number of nitrogens with zero attached hydrogens (tertiary/aromatic N) is 1. The van der Waals surface area contributed by atoms with E-state index in [-0.39, 0.29) is 24.2 Å². The first-order valence-corrected chi connectivity index (χ1v) is 8.09. The van der Waals surface area contributed by atoms with Crippen molar-refractivity contribution in [2.24, 2.45) is 5.92 Å². The van der Waals surface area contributed by atoms with E-state index in [1.807, 2.05) is 37.3 Å². The van der Waals surface area contributed by atoms with Gasteiger partial charge in [0, 0.05) is 12.6 Å². The number of anilines is 1. The number of carbonyl (C=O) groups is 2. The number of hydrogen-bond acceptors (Lipinski definition) is 2. The monoisotopic (exact) mass is 344 g/mol. The Kier molecular flexibility index (Phi) is 4.79. The van der Waals surface area contributed by atoms with Gasteiger partial charge in [0.1, 0.15) is 17.6 Å². The van der Waals surface area contributed by atoms with Crippen LogP contribution in [0.5, 0.6) is 0 Å². The van der Waals surface area contributed by atoms with E-state index in [1.54, 1.807) is 0 Å².